The van der Waals surface area contributed by atoms with Gasteiger partial charge >= 0.3 is 0 Å². The smallest absolute Gasteiger partial charge is 0.153 e. The molecule has 0 radical (unpaired) electrons. The van der Waals surface area contributed by atoms with Crippen LogP contribution in [0.15, 0.2) is 16.6 Å². The van der Waals surface area contributed by atoms with E-state index in [4.69, 9.17) is 4.74 Å². The maximum absolute atomic E-state index is 11.1. The van der Waals surface area contributed by atoms with Crippen LogP contribution in [0.1, 0.15) is 48.0 Å². The van der Waals surface area contributed by atoms with E-state index in [1.54, 1.807) is 0 Å². The highest BCUT2D eigenvalue weighted by atomic mass is 79.9. The molecule has 0 aromatic heterocycles. The predicted octanol–water partition coefficient (Wildman–Crippen LogP) is 4.53. The van der Waals surface area contributed by atoms with Crippen molar-refractivity contribution in [3.8, 4) is 5.75 Å². The number of halogens is 1. The molecule has 0 aliphatic heterocycles. The lowest BCUT2D eigenvalue weighted by Gasteiger charge is -2.22. The topological polar surface area (TPSA) is 26.3 Å². The van der Waals surface area contributed by atoms with Gasteiger partial charge in [0.1, 0.15) is 5.75 Å². The molecule has 1 aromatic carbocycles. The lowest BCUT2D eigenvalue weighted by atomic mass is 9.90. The number of ether oxygens (including phenoxy) is 1. The van der Waals surface area contributed by atoms with E-state index in [0.717, 1.165) is 28.7 Å². The standard InChI is InChI=1S/C15H19BrO2/c1-11-7-14(16)8-13(9-17)15(11)18-10-12-5-3-2-4-6-12/h7-9,12H,2-6,10H2,1H3. The second kappa shape index (κ2) is 6.37. The Hall–Kier alpha value is -0.830. The van der Waals surface area contributed by atoms with Crippen molar-refractivity contribution in [2.24, 2.45) is 5.92 Å². The molecular formula is C15H19BrO2. The molecule has 98 valence electrons. The first-order chi connectivity index (χ1) is 8.70. The molecule has 0 bridgehead atoms. The maximum atomic E-state index is 11.1. The molecule has 0 unspecified atom stereocenters. The number of hydrogen-bond acceptors (Lipinski definition) is 2. The minimum atomic E-state index is 0.637. The van der Waals surface area contributed by atoms with Crippen LogP contribution in [0.25, 0.3) is 0 Å². The minimum absolute atomic E-state index is 0.637. The molecule has 0 atom stereocenters. The summed E-state index contributed by atoms with van der Waals surface area (Å²) in [6.07, 6.45) is 7.36. The Morgan fingerprint density at radius 2 is 2.06 bits per heavy atom. The third-order valence-corrected chi connectivity index (χ3v) is 4.04. The molecule has 1 aromatic rings. The average molecular weight is 311 g/mol. The maximum Gasteiger partial charge on any atom is 0.153 e. The lowest BCUT2D eigenvalue weighted by molar-refractivity contribution is 0.111. The number of benzene rings is 1. The van der Waals surface area contributed by atoms with Crippen LogP contribution in [0.5, 0.6) is 5.75 Å². The van der Waals surface area contributed by atoms with E-state index in [1.807, 2.05) is 19.1 Å². The first-order valence-electron chi connectivity index (χ1n) is 6.59. The second-order valence-corrected chi connectivity index (χ2v) is 5.99. The minimum Gasteiger partial charge on any atom is -0.492 e. The Morgan fingerprint density at radius 1 is 1.33 bits per heavy atom. The zero-order valence-electron chi connectivity index (χ0n) is 10.7. The molecule has 18 heavy (non-hydrogen) atoms. The largest absolute Gasteiger partial charge is 0.492 e. The van der Waals surface area contributed by atoms with Gasteiger partial charge < -0.3 is 4.74 Å². The van der Waals surface area contributed by atoms with E-state index in [-0.39, 0.29) is 0 Å². The molecule has 0 N–H and O–H groups in total. The fourth-order valence-electron chi connectivity index (χ4n) is 2.60. The van der Waals surface area contributed by atoms with Crippen LogP contribution < -0.4 is 4.74 Å². The van der Waals surface area contributed by atoms with Crippen LogP contribution in [-0.4, -0.2) is 12.9 Å². The van der Waals surface area contributed by atoms with Crippen molar-refractivity contribution in [3.63, 3.8) is 0 Å². The third kappa shape index (κ3) is 3.35. The van der Waals surface area contributed by atoms with Crippen LogP contribution in [-0.2, 0) is 0 Å². The SMILES string of the molecule is Cc1cc(Br)cc(C=O)c1OCC1CCCCC1. The van der Waals surface area contributed by atoms with Crippen molar-refractivity contribution in [3.05, 3.63) is 27.7 Å². The van der Waals surface area contributed by atoms with Crippen LogP contribution in [0, 0.1) is 12.8 Å². The quantitative estimate of drug-likeness (QED) is 0.764. The molecule has 0 amide bonds. The summed E-state index contributed by atoms with van der Waals surface area (Å²) in [4.78, 5) is 11.1. The van der Waals surface area contributed by atoms with Crippen LogP contribution >= 0.6 is 15.9 Å². The molecule has 3 heteroatoms. The summed E-state index contributed by atoms with van der Waals surface area (Å²) in [6, 6.07) is 3.80. The van der Waals surface area contributed by atoms with Gasteiger partial charge in [0.25, 0.3) is 0 Å². The normalized spacial score (nSPS) is 16.6. The monoisotopic (exact) mass is 310 g/mol. The highest BCUT2D eigenvalue weighted by Gasteiger charge is 2.16. The Morgan fingerprint density at radius 3 is 2.72 bits per heavy atom. The fourth-order valence-corrected chi connectivity index (χ4v) is 3.19. The van der Waals surface area contributed by atoms with Gasteiger partial charge in [-0.3, -0.25) is 4.79 Å². The van der Waals surface area contributed by atoms with E-state index < -0.39 is 0 Å². The van der Waals surface area contributed by atoms with Crippen LogP contribution in [0.2, 0.25) is 0 Å². The third-order valence-electron chi connectivity index (χ3n) is 3.58. The van der Waals surface area contributed by atoms with Gasteiger partial charge in [-0.05, 0) is 43.4 Å². The van der Waals surface area contributed by atoms with E-state index in [1.165, 1.54) is 32.1 Å². The second-order valence-electron chi connectivity index (χ2n) is 5.07. The summed E-state index contributed by atoms with van der Waals surface area (Å²) in [6.45, 7) is 2.72. The first-order valence-corrected chi connectivity index (χ1v) is 7.38. The Bertz CT molecular complexity index is 423. The van der Waals surface area contributed by atoms with Gasteiger partial charge in [-0.25, -0.2) is 0 Å². The highest BCUT2D eigenvalue weighted by molar-refractivity contribution is 9.10. The van der Waals surface area contributed by atoms with Gasteiger partial charge in [-0.1, -0.05) is 35.2 Å². The summed E-state index contributed by atoms with van der Waals surface area (Å²) >= 11 is 3.40. The Kier molecular flexibility index (Phi) is 4.81. The molecule has 0 saturated heterocycles. The number of rotatable bonds is 4. The number of carbonyl (C=O) groups excluding carboxylic acids is 1. The summed E-state index contributed by atoms with van der Waals surface area (Å²) in [7, 11) is 0. The molecule has 1 fully saturated rings. The van der Waals surface area contributed by atoms with E-state index >= 15 is 0 Å². The molecular weight excluding hydrogens is 292 g/mol. The average Bonchev–Trinajstić information content (AvgIpc) is 2.38. The van der Waals surface area contributed by atoms with Gasteiger partial charge in [0.15, 0.2) is 6.29 Å². The van der Waals surface area contributed by atoms with Gasteiger partial charge in [0.2, 0.25) is 0 Å². The fraction of sp³-hybridized carbons (Fsp3) is 0.533. The van der Waals surface area contributed by atoms with Crippen molar-refractivity contribution in [1.82, 2.24) is 0 Å². The lowest BCUT2D eigenvalue weighted by Crippen LogP contribution is -2.16. The van der Waals surface area contributed by atoms with Crippen LogP contribution in [0.3, 0.4) is 0 Å². The molecule has 2 nitrogen and oxygen atoms in total. The van der Waals surface area contributed by atoms with Crippen LogP contribution in [0.4, 0.5) is 0 Å². The van der Waals surface area contributed by atoms with E-state index in [0.29, 0.717) is 11.5 Å². The van der Waals surface area contributed by atoms with Gasteiger partial charge in [-0.2, -0.15) is 0 Å². The zero-order chi connectivity index (χ0) is 13.0. The van der Waals surface area contributed by atoms with E-state index in [9.17, 15) is 4.79 Å². The molecule has 0 heterocycles. The zero-order valence-corrected chi connectivity index (χ0v) is 12.3. The number of hydrogen-bond donors (Lipinski definition) is 0. The van der Waals surface area contributed by atoms with Crippen molar-refractivity contribution in [2.45, 2.75) is 39.0 Å². The summed E-state index contributed by atoms with van der Waals surface area (Å²) < 4.78 is 6.82. The molecule has 1 aliphatic carbocycles. The summed E-state index contributed by atoms with van der Waals surface area (Å²) in [5, 5.41) is 0. The van der Waals surface area contributed by atoms with E-state index in [2.05, 4.69) is 15.9 Å². The summed E-state index contributed by atoms with van der Waals surface area (Å²) in [5.41, 5.74) is 1.65. The number of aryl methyl sites for hydroxylation is 1. The highest BCUT2D eigenvalue weighted by Crippen LogP contribution is 2.29. The Balaban J connectivity index is 2.05. The first kappa shape index (κ1) is 13.6. The predicted molar refractivity (Wildman–Crippen MR) is 76.3 cm³/mol. The Labute approximate surface area is 117 Å². The van der Waals surface area contributed by atoms with Gasteiger partial charge in [-0.15, -0.1) is 0 Å². The molecule has 2 rings (SSSR count). The molecule has 0 spiro atoms. The number of aldehydes is 1. The van der Waals surface area contributed by atoms with Crippen molar-refractivity contribution >= 4 is 22.2 Å². The molecule has 1 saturated carbocycles. The van der Waals surface area contributed by atoms with Crippen molar-refractivity contribution in [1.29, 1.82) is 0 Å². The van der Waals surface area contributed by atoms with Gasteiger partial charge in [0, 0.05) is 4.47 Å². The number of carbonyl (C=O) groups is 1. The van der Waals surface area contributed by atoms with Crippen molar-refractivity contribution in [2.75, 3.05) is 6.61 Å². The van der Waals surface area contributed by atoms with Crippen molar-refractivity contribution < 1.29 is 9.53 Å². The summed E-state index contributed by atoms with van der Waals surface area (Å²) in [5.74, 6) is 1.40. The molecule has 1 aliphatic rings. The van der Waals surface area contributed by atoms with Gasteiger partial charge in [0.05, 0.1) is 12.2 Å².